The maximum absolute atomic E-state index is 11.8. The summed E-state index contributed by atoms with van der Waals surface area (Å²) in [6.07, 6.45) is 3.22. The van der Waals surface area contributed by atoms with E-state index in [0.717, 1.165) is 5.56 Å². The van der Waals surface area contributed by atoms with Crippen molar-refractivity contribution in [3.8, 4) is 0 Å². The lowest BCUT2D eigenvalue weighted by molar-refractivity contribution is -0.185. The third-order valence-electron chi connectivity index (χ3n) is 2.74. The second-order valence-corrected chi connectivity index (χ2v) is 3.92. The van der Waals surface area contributed by atoms with E-state index in [9.17, 15) is 9.59 Å². The van der Waals surface area contributed by atoms with Crippen LogP contribution in [0, 0.1) is 5.41 Å². The van der Waals surface area contributed by atoms with Crippen molar-refractivity contribution >= 4 is 11.9 Å². The molecule has 1 aliphatic rings. The molecule has 2 rings (SSSR count). The average Bonchev–Trinajstić information content (AvgIpc) is 2.25. The molecule has 0 bridgehead atoms. The number of nitrogens with one attached hydrogen (secondary N) is 1. The molecular weight excluding hydrogens is 224 g/mol. The average molecular weight is 236 g/mol. The number of nitrogens with zero attached hydrogens (tertiary/aromatic N) is 1. The molecule has 1 aliphatic heterocycles. The number of hydrogen-bond acceptors (Lipinski definition) is 4. The number of hydrogen-bond donors (Lipinski definition) is 2. The molecule has 2 N–H and O–H groups in total. The molecule has 0 aliphatic carbocycles. The smallest absolute Gasteiger partial charge is 0.324 e. The second kappa shape index (κ2) is 4.50. The van der Waals surface area contributed by atoms with Gasteiger partial charge in [-0.25, -0.2) is 0 Å². The third-order valence-corrected chi connectivity index (χ3v) is 2.74. The van der Waals surface area contributed by atoms with Crippen molar-refractivity contribution in [2.24, 2.45) is 5.41 Å². The Balaban J connectivity index is 1.96. The molecule has 1 fully saturated rings. The van der Waals surface area contributed by atoms with Gasteiger partial charge < -0.3 is 15.2 Å². The van der Waals surface area contributed by atoms with Crippen molar-refractivity contribution in [1.29, 1.82) is 0 Å². The molecule has 2 heterocycles. The Morgan fingerprint density at radius 3 is 2.53 bits per heavy atom. The van der Waals surface area contributed by atoms with E-state index in [-0.39, 0.29) is 19.8 Å². The Morgan fingerprint density at radius 2 is 2.06 bits per heavy atom. The summed E-state index contributed by atoms with van der Waals surface area (Å²) in [5.74, 6) is -1.65. The molecule has 1 aromatic heterocycles. The van der Waals surface area contributed by atoms with Crippen molar-refractivity contribution in [3.63, 3.8) is 0 Å². The van der Waals surface area contributed by atoms with Gasteiger partial charge >= 0.3 is 5.97 Å². The maximum atomic E-state index is 11.8. The summed E-state index contributed by atoms with van der Waals surface area (Å²) in [5.41, 5.74) is -0.540. The van der Waals surface area contributed by atoms with Crippen molar-refractivity contribution in [2.75, 3.05) is 13.2 Å². The lowest BCUT2D eigenvalue weighted by Crippen LogP contribution is -2.58. The fourth-order valence-corrected chi connectivity index (χ4v) is 1.51. The van der Waals surface area contributed by atoms with Crippen molar-refractivity contribution in [2.45, 2.75) is 6.54 Å². The zero-order valence-electron chi connectivity index (χ0n) is 9.05. The van der Waals surface area contributed by atoms with Crippen LogP contribution >= 0.6 is 0 Å². The normalized spacial score (nSPS) is 16.9. The van der Waals surface area contributed by atoms with E-state index in [1.54, 1.807) is 24.5 Å². The number of pyridine rings is 1. The zero-order chi connectivity index (χ0) is 12.3. The van der Waals surface area contributed by atoms with Crippen LogP contribution in [0.3, 0.4) is 0 Å². The number of carboxylic acid groups (broad SMARTS) is 1. The number of ether oxygens (including phenoxy) is 1. The van der Waals surface area contributed by atoms with Crippen LogP contribution in [0.4, 0.5) is 0 Å². The minimum absolute atomic E-state index is 0.0650. The summed E-state index contributed by atoms with van der Waals surface area (Å²) in [6, 6.07) is 3.51. The van der Waals surface area contributed by atoms with Gasteiger partial charge in [-0.05, 0) is 17.7 Å². The summed E-state index contributed by atoms with van der Waals surface area (Å²) in [7, 11) is 0. The van der Waals surface area contributed by atoms with Gasteiger partial charge in [0.1, 0.15) is 0 Å². The van der Waals surface area contributed by atoms with Gasteiger partial charge in [0.2, 0.25) is 5.91 Å². The molecular formula is C11H12N2O4. The van der Waals surface area contributed by atoms with E-state index in [2.05, 4.69) is 10.3 Å². The van der Waals surface area contributed by atoms with Gasteiger partial charge in [-0.1, -0.05) is 0 Å². The van der Waals surface area contributed by atoms with E-state index in [1.165, 1.54) is 0 Å². The summed E-state index contributed by atoms with van der Waals surface area (Å²) >= 11 is 0. The molecule has 0 radical (unpaired) electrons. The minimum atomic E-state index is -1.41. The first kappa shape index (κ1) is 11.5. The van der Waals surface area contributed by atoms with E-state index in [4.69, 9.17) is 9.84 Å². The quantitative estimate of drug-likeness (QED) is 0.707. The maximum Gasteiger partial charge on any atom is 0.324 e. The lowest BCUT2D eigenvalue weighted by Gasteiger charge is -2.35. The largest absolute Gasteiger partial charge is 0.480 e. The third kappa shape index (κ3) is 2.12. The first-order valence-electron chi connectivity index (χ1n) is 5.13. The highest BCUT2D eigenvalue weighted by Gasteiger charge is 2.53. The van der Waals surface area contributed by atoms with E-state index >= 15 is 0 Å². The first-order valence-corrected chi connectivity index (χ1v) is 5.13. The molecule has 0 aromatic carbocycles. The van der Waals surface area contributed by atoms with Crippen molar-refractivity contribution < 1.29 is 19.4 Å². The topological polar surface area (TPSA) is 88.5 Å². The number of carbonyl (C=O) groups is 2. The van der Waals surface area contributed by atoms with Crippen LogP contribution in [0.5, 0.6) is 0 Å². The van der Waals surface area contributed by atoms with Crippen molar-refractivity contribution in [3.05, 3.63) is 30.1 Å². The van der Waals surface area contributed by atoms with Gasteiger partial charge in [0.15, 0.2) is 5.41 Å². The van der Waals surface area contributed by atoms with E-state index in [0.29, 0.717) is 0 Å². The molecule has 17 heavy (non-hydrogen) atoms. The molecule has 1 amide bonds. The van der Waals surface area contributed by atoms with Gasteiger partial charge in [-0.15, -0.1) is 0 Å². The van der Waals surface area contributed by atoms with Gasteiger partial charge in [0, 0.05) is 18.9 Å². The highest BCUT2D eigenvalue weighted by molar-refractivity contribution is 6.03. The van der Waals surface area contributed by atoms with Crippen LogP contribution in [-0.2, 0) is 20.9 Å². The molecule has 1 saturated heterocycles. The molecule has 90 valence electrons. The molecule has 0 unspecified atom stereocenters. The number of carbonyl (C=O) groups excluding carboxylic acids is 1. The number of carboxylic acids is 1. The summed E-state index contributed by atoms with van der Waals surface area (Å²) in [5, 5.41) is 11.6. The Bertz CT molecular complexity index is 428. The van der Waals surface area contributed by atoms with E-state index < -0.39 is 17.3 Å². The Hall–Kier alpha value is -1.95. The van der Waals surface area contributed by atoms with Crippen LogP contribution in [0.25, 0.3) is 0 Å². The summed E-state index contributed by atoms with van der Waals surface area (Å²) < 4.78 is 4.82. The summed E-state index contributed by atoms with van der Waals surface area (Å²) in [4.78, 5) is 26.6. The second-order valence-electron chi connectivity index (χ2n) is 3.92. The highest BCUT2D eigenvalue weighted by Crippen LogP contribution is 2.28. The molecule has 0 spiro atoms. The number of aromatic nitrogens is 1. The van der Waals surface area contributed by atoms with E-state index in [1.807, 2.05) is 0 Å². The monoisotopic (exact) mass is 236 g/mol. The van der Waals surface area contributed by atoms with Gasteiger partial charge in [-0.2, -0.15) is 0 Å². The molecule has 1 aromatic rings. The fraction of sp³-hybridized carbons (Fsp3) is 0.364. The van der Waals surface area contributed by atoms with Gasteiger partial charge in [0.25, 0.3) is 0 Å². The van der Waals surface area contributed by atoms with Crippen LogP contribution in [-0.4, -0.2) is 35.2 Å². The molecule has 6 heteroatoms. The Morgan fingerprint density at radius 1 is 1.41 bits per heavy atom. The highest BCUT2D eigenvalue weighted by atomic mass is 16.5. The Kier molecular flexibility index (Phi) is 3.06. The van der Waals surface area contributed by atoms with Crippen LogP contribution in [0.2, 0.25) is 0 Å². The predicted octanol–water partition coefficient (Wildman–Crippen LogP) is -0.201. The molecule has 0 saturated carbocycles. The number of rotatable bonds is 4. The van der Waals surface area contributed by atoms with Gasteiger partial charge in [0.05, 0.1) is 13.2 Å². The van der Waals surface area contributed by atoms with Crippen LogP contribution in [0.15, 0.2) is 24.5 Å². The van der Waals surface area contributed by atoms with Crippen LogP contribution in [0.1, 0.15) is 5.56 Å². The standard InChI is InChI=1S/C11H12N2O4/c14-9(11(10(15)16)6-17-7-11)13-5-8-1-3-12-4-2-8/h1-4H,5-7H2,(H,13,14)(H,15,16). The SMILES string of the molecule is O=C(O)C1(C(=O)NCc2ccncc2)COC1. The van der Waals surface area contributed by atoms with Gasteiger partial charge in [-0.3, -0.25) is 14.6 Å². The first-order chi connectivity index (χ1) is 8.15. The molecule has 6 nitrogen and oxygen atoms in total. The van der Waals surface area contributed by atoms with Crippen LogP contribution < -0.4 is 5.32 Å². The summed E-state index contributed by atoms with van der Waals surface area (Å²) in [6.45, 7) is 0.158. The molecule has 0 atom stereocenters. The minimum Gasteiger partial charge on any atom is -0.480 e. The number of amides is 1. The number of aliphatic carboxylic acids is 1. The van der Waals surface area contributed by atoms with Crippen molar-refractivity contribution in [1.82, 2.24) is 10.3 Å². The predicted molar refractivity (Wildman–Crippen MR) is 57.0 cm³/mol. The lowest BCUT2D eigenvalue weighted by atomic mass is 9.85. The fourth-order valence-electron chi connectivity index (χ4n) is 1.51. The zero-order valence-corrected chi connectivity index (χ0v) is 9.05. The Labute approximate surface area is 97.6 Å².